The maximum atomic E-state index is 6.04. The predicted molar refractivity (Wildman–Crippen MR) is 88.2 cm³/mol. The van der Waals surface area contributed by atoms with Crippen molar-refractivity contribution < 1.29 is 0 Å². The molecule has 0 aliphatic carbocycles. The zero-order valence-corrected chi connectivity index (χ0v) is 12.9. The Morgan fingerprint density at radius 3 is 2.64 bits per heavy atom. The fraction of sp³-hybridized carbons (Fsp3) is 0.133. The molecule has 112 valence electrons. The van der Waals surface area contributed by atoms with Crippen LogP contribution in [0.25, 0.3) is 11.3 Å². The highest BCUT2D eigenvalue weighted by Gasteiger charge is 2.09. The van der Waals surface area contributed by atoms with Gasteiger partial charge in [-0.1, -0.05) is 17.7 Å². The summed E-state index contributed by atoms with van der Waals surface area (Å²) in [6.07, 6.45) is 1.62. The molecule has 0 atom stereocenters. The van der Waals surface area contributed by atoms with Crippen LogP contribution in [-0.4, -0.2) is 20.2 Å². The van der Waals surface area contributed by atoms with Gasteiger partial charge in [0.05, 0.1) is 6.20 Å². The van der Waals surface area contributed by atoms with Crippen LogP contribution in [0.1, 0.15) is 11.3 Å². The molecule has 7 heteroatoms. The van der Waals surface area contributed by atoms with Crippen molar-refractivity contribution >= 4 is 29.1 Å². The van der Waals surface area contributed by atoms with Crippen LogP contribution in [0, 0.1) is 13.8 Å². The summed E-state index contributed by atoms with van der Waals surface area (Å²) >= 11 is 6.04. The highest BCUT2D eigenvalue weighted by atomic mass is 35.5. The predicted octanol–water partition coefficient (Wildman–Crippen LogP) is 3.46. The van der Waals surface area contributed by atoms with Crippen LogP contribution in [0.15, 0.2) is 30.5 Å². The molecule has 2 heterocycles. The summed E-state index contributed by atoms with van der Waals surface area (Å²) in [5.74, 6) is 1.55. The van der Waals surface area contributed by atoms with Gasteiger partial charge in [-0.25, -0.2) is 9.97 Å². The molecule has 0 saturated heterocycles. The molecule has 1 aromatic carbocycles. The van der Waals surface area contributed by atoms with Crippen molar-refractivity contribution in [2.45, 2.75) is 13.8 Å². The van der Waals surface area contributed by atoms with Crippen LogP contribution in [-0.2, 0) is 0 Å². The zero-order chi connectivity index (χ0) is 15.7. The van der Waals surface area contributed by atoms with Gasteiger partial charge >= 0.3 is 0 Å². The van der Waals surface area contributed by atoms with Crippen LogP contribution < -0.4 is 11.1 Å². The van der Waals surface area contributed by atoms with Gasteiger partial charge in [-0.2, -0.15) is 5.10 Å². The van der Waals surface area contributed by atoms with E-state index in [1.807, 2.05) is 38.1 Å². The average Bonchev–Trinajstić information content (AvgIpc) is 2.87. The minimum atomic E-state index is 0.346. The lowest BCUT2D eigenvalue weighted by atomic mass is 10.1. The Labute approximate surface area is 132 Å². The molecule has 0 aliphatic rings. The lowest BCUT2D eigenvalue weighted by molar-refractivity contribution is 1.05. The molecule has 0 bridgehead atoms. The number of nitrogen functional groups attached to an aromatic ring is 1. The average molecular weight is 315 g/mol. The minimum Gasteiger partial charge on any atom is -0.382 e. The summed E-state index contributed by atoms with van der Waals surface area (Å²) in [6, 6.07) is 7.51. The standard InChI is InChI=1S/C15H15ClN6/c1-8-5-10(3-4-11(8)16)14-15(17)20-13(7-18-14)19-12-6-9(2)21-22-12/h3-7H,1-2H3,(H4,17,19,20,21,22). The van der Waals surface area contributed by atoms with E-state index in [-0.39, 0.29) is 0 Å². The van der Waals surface area contributed by atoms with E-state index in [0.717, 1.165) is 16.8 Å². The highest BCUT2D eigenvalue weighted by Crippen LogP contribution is 2.27. The molecule has 3 aromatic rings. The molecule has 22 heavy (non-hydrogen) atoms. The van der Waals surface area contributed by atoms with Crippen molar-refractivity contribution in [3.8, 4) is 11.3 Å². The number of aromatic nitrogens is 4. The number of aromatic amines is 1. The van der Waals surface area contributed by atoms with Gasteiger partial charge in [0.15, 0.2) is 17.5 Å². The Balaban J connectivity index is 1.90. The number of H-pyrrole nitrogens is 1. The van der Waals surface area contributed by atoms with Gasteiger partial charge in [-0.3, -0.25) is 5.10 Å². The number of hydrogen-bond donors (Lipinski definition) is 3. The zero-order valence-electron chi connectivity index (χ0n) is 12.2. The Hall–Kier alpha value is -2.60. The smallest absolute Gasteiger partial charge is 0.153 e. The van der Waals surface area contributed by atoms with Crippen molar-refractivity contribution in [2.75, 3.05) is 11.1 Å². The van der Waals surface area contributed by atoms with Gasteiger partial charge in [0.2, 0.25) is 0 Å². The number of nitrogens with zero attached hydrogens (tertiary/aromatic N) is 3. The summed E-state index contributed by atoms with van der Waals surface area (Å²) in [6.45, 7) is 3.86. The topological polar surface area (TPSA) is 92.5 Å². The molecule has 0 aliphatic heterocycles. The van der Waals surface area contributed by atoms with Gasteiger partial charge in [0.25, 0.3) is 0 Å². The molecule has 0 fully saturated rings. The molecular weight excluding hydrogens is 300 g/mol. The lowest BCUT2D eigenvalue weighted by Gasteiger charge is -2.08. The lowest BCUT2D eigenvalue weighted by Crippen LogP contribution is -2.02. The molecule has 0 saturated carbocycles. The SMILES string of the molecule is Cc1cc(Nc2cnc(-c3ccc(Cl)c(C)c3)c(N)n2)n[nH]1. The molecule has 4 N–H and O–H groups in total. The first-order valence-electron chi connectivity index (χ1n) is 6.71. The number of hydrogen-bond acceptors (Lipinski definition) is 5. The van der Waals surface area contributed by atoms with Crippen LogP contribution in [0.5, 0.6) is 0 Å². The van der Waals surface area contributed by atoms with E-state index in [9.17, 15) is 0 Å². The van der Waals surface area contributed by atoms with Gasteiger partial charge in [-0.05, 0) is 31.5 Å². The van der Waals surface area contributed by atoms with E-state index < -0.39 is 0 Å². The maximum Gasteiger partial charge on any atom is 0.153 e. The third kappa shape index (κ3) is 2.87. The van der Waals surface area contributed by atoms with Crippen LogP contribution in [0.4, 0.5) is 17.5 Å². The number of benzene rings is 1. The van der Waals surface area contributed by atoms with Gasteiger partial charge in [0, 0.05) is 22.3 Å². The number of nitrogens with one attached hydrogen (secondary N) is 2. The minimum absolute atomic E-state index is 0.346. The normalized spacial score (nSPS) is 10.7. The summed E-state index contributed by atoms with van der Waals surface area (Å²) in [5.41, 5.74) is 9.46. The van der Waals surface area contributed by atoms with E-state index in [2.05, 4.69) is 25.5 Å². The van der Waals surface area contributed by atoms with Crippen LogP contribution in [0.2, 0.25) is 5.02 Å². The Morgan fingerprint density at radius 1 is 1.18 bits per heavy atom. The van der Waals surface area contributed by atoms with Crippen molar-refractivity contribution in [1.29, 1.82) is 0 Å². The maximum absolute atomic E-state index is 6.04. The largest absolute Gasteiger partial charge is 0.382 e. The van der Waals surface area contributed by atoms with E-state index in [0.29, 0.717) is 28.2 Å². The third-order valence-electron chi connectivity index (χ3n) is 3.19. The van der Waals surface area contributed by atoms with Gasteiger partial charge in [0.1, 0.15) is 5.69 Å². The van der Waals surface area contributed by atoms with Crippen LogP contribution >= 0.6 is 11.6 Å². The van der Waals surface area contributed by atoms with Crippen molar-refractivity contribution in [3.05, 3.63) is 46.7 Å². The summed E-state index contributed by atoms with van der Waals surface area (Å²) in [5, 5.41) is 10.7. The first-order valence-corrected chi connectivity index (χ1v) is 7.09. The fourth-order valence-electron chi connectivity index (χ4n) is 2.09. The monoisotopic (exact) mass is 314 g/mol. The molecule has 6 nitrogen and oxygen atoms in total. The summed E-state index contributed by atoms with van der Waals surface area (Å²) in [7, 11) is 0. The van der Waals surface area contributed by atoms with E-state index >= 15 is 0 Å². The number of aryl methyl sites for hydroxylation is 2. The number of halogens is 1. The number of nitrogens with two attached hydrogens (primary N) is 1. The quantitative estimate of drug-likeness (QED) is 0.688. The van der Waals surface area contributed by atoms with Gasteiger partial charge < -0.3 is 11.1 Å². The fourth-order valence-corrected chi connectivity index (χ4v) is 2.21. The Kier molecular flexibility index (Phi) is 3.68. The Bertz CT molecular complexity index is 827. The van der Waals surface area contributed by atoms with Gasteiger partial charge in [-0.15, -0.1) is 0 Å². The molecule has 0 spiro atoms. The summed E-state index contributed by atoms with van der Waals surface area (Å²) < 4.78 is 0. The summed E-state index contributed by atoms with van der Waals surface area (Å²) in [4.78, 5) is 8.71. The second-order valence-corrected chi connectivity index (χ2v) is 5.42. The molecule has 0 radical (unpaired) electrons. The number of anilines is 3. The van der Waals surface area contributed by atoms with E-state index in [1.54, 1.807) is 6.20 Å². The second-order valence-electron chi connectivity index (χ2n) is 5.01. The third-order valence-corrected chi connectivity index (χ3v) is 3.62. The number of rotatable bonds is 3. The van der Waals surface area contributed by atoms with Crippen molar-refractivity contribution in [2.24, 2.45) is 0 Å². The molecule has 0 unspecified atom stereocenters. The molecule has 3 rings (SSSR count). The first kappa shape index (κ1) is 14.3. The molecular formula is C15H15ClN6. The van der Waals surface area contributed by atoms with Crippen molar-refractivity contribution in [3.63, 3.8) is 0 Å². The van der Waals surface area contributed by atoms with Crippen LogP contribution in [0.3, 0.4) is 0 Å². The van der Waals surface area contributed by atoms with E-state index in [4.69, 9.17) is 17.3 Å². The van der Waals surface area contributed by atoms with E-state index in [1.165, 1.54) is 0 Å². The molecule has 2 aromatic heterocycles. The molecule has 0 amide bonds. The Morgan fingerprint density at radius 2 is 2.00 bits per heavy atom. The second kappa shape index (κ2) is 5.65. The first-order chi connectivity index (χ1) is 10.5. The van der Waals surface area contributed by atoms with Crippen molar-refractivity contribution in [1.82, 2.24) is 20.2 Å². The highest BCUT2D eigenvalue weighted by molar-refractivity contribution is 6.31.